The second-order valence-corrected chi connectivity index (χ2v) is 7.54. The minimum absolute atomic E-state index is 0.356. The summed E-state index contributed by atoms with van der Waals surface area (Å²) in [5.41, 5.74) is 6.74. The van der Waals surface area contributed by atoms with Crippen LogP contribution in [-0.4, -0.2) is 37.5 Å². The highest BCUT2D eigenvalue weighted by Crippen LogP contribution is 2.25. The topological polar surface area (TPSA) is 94.8 Å². The van der Waals surface area contributed by atoms with Crippen molar-refractivity contribution in [2.24, 2.45) is 0 Å². The van der Waals surface area contributed by atoms with Crippen LogP contribution < -0.4 is 5.32 Å². The van der Waals surface area contributed by atoms with E-state index in [0.717, 1.165) is 29.8 Å². The molecule has 0 saturated carbocycles. The molecule has 8 nitrogen and oxygen atoms in total. The van der Waals surface area contributed by atoms with Crippen molar-refractivity contribution in [3.05, 3.63) is 71.4 Å². The minimum atomic E-state index is -0.356. The molecule has 4 aromatic rings. The van der Waals surface area contributed by atoms with E-state index in [2.05, 4.69) is 43.8 Å². The quantitative estimate of drug-likeness (QED) is 0.367. The van der Waals surface area contributed by atoms with Gasteiger partial charge in [0, 0.05) is 11.8 Å². The fourth-order valence-electron chi connectivity index (χ4n) is 3.81. The molecule has 1 N–H and O–H groups in total. The molecule has 0 spiro atoms. The maximum absolute atomic E-state index is 11.4. The van der Waals surface area contributed by atoms with Gasteiger partial charge >= 0.3 is 5.97 Å². The van der Waals surface area contributed by atoms with E-state index >= 15 is 0 Å². The lowest BCUT2D eigenvalue weighted by atomic mass is 10.1. The molecule has 0 radical (unpaired) electrons. The van der Waals surface area contributed by atoms with Gasteiger partial charge in [-0.2, -0.15) is 9.67 Å². The van der Waals surface area contributed by atoms with Crippen molar-refractivity contribution >= 4 is 34.8 Å². The van der Waals surface area contributed by atoms with Crippen molar-refractivity contribution in [2.75, 3.05) is 11.9 Å². The first-order chi connectivity index (χ1) is 15.7. The lowest BCUT2D eigenvalue weighted by Gasteiger charge is -2.07. The first-order valence-electron chi connectivity index (χ1n) is 10.6. The number of hydrogen-bond donors (Lipinski definition) is 1. The van der Waals surface area contributed by atoms with Gasteiger partial charge in [-0.3, -0.25) is 0 Å². The number of fused-ring (bicyclic) bond motifs is 2. The van der Waals surface area contributed by atoms with Crippen LogP contribution in [0.25, 0.3) is 22.9 Å². The fraction of sp³-hybridized carbons (Fsp3) is 0.208. The van der Waals surface area contributed by atoms with Gasteiger partial charge in [-0.15, -0.1) is 5.10 Å². The molecule has 8 heteroatoms. The second-order valence-electron chi connectivity index (χ2n) is 7.54. The van der Waals surface area contributed by atoms with Crippen LogP contribution in [0, 0.1) is 0 Å². The minimum Gasteiger partial charge on any atom is -0.463 e. The third-order valence-corrected chi connectivity index (χ3v) is 5.38. The molecule has 0 unspecified atom stereocenters. The summed E-state index contributed by atoms with van der Waals surface area (Å²) >= 11 is 0. The summed E-state index contributed by atoms with van der Waals surface area (Å²) in [4.78, 5) is 20.4. The van der Waals surface area contributed by atoms with Crippen LogP contribution in [0.5, 0.6) is 0 Å². The number of carbonyl (C=O) groups is 1. The van der Waals surface area contributed by atoms with Gasteiger partial charge in [0.05, 0.1) is 18.5 Å². The number of ether oxygens (including phenoxy) is 1. The Bertz CT molecular complexity index is 1310. The highest BCUT2D eigenvalue weighted by molar-refractivity contribution is 5.87. The summed E-state index contributed by atoms with van der Waals surface area (Å²) in [6.45, 7) is 2.14. The normalized spacial score (nSPS) is 12.9. The number of benzene rings is 2. The van der Waals surface area contributed by atoms with Gasteiger partial charge in [0.1, 0.15) is 0 Å². The summed E-state index contributed by atoms with van der Waals surface area (Å²) in [5.74, 6) is 0.0991. The number of nitrogens with one attached hydrogen (secondary N) is 1. The molecule has 2 heterocycles. The average Bonchev–Trinajstić information content (AvgIpc) is 3.45. The predicted octanol–water partition coefficient (Wildman–Crippen LogP) is 4.02. The molecule has 0 aliphatic heterocycles. The van der Waals surface area contributed by atoms with Crippen LogP contribution in [0.1, 0.15) is 30.0 Å². The lowest BCUT2D eigenvalue weighted by molar-refractivity contribution is -0.137. The van der Waals surface area contributed by atoms with Crippen LogP contribution in [0.3, 0.4) is 0 Å². The fourth-order valence-corrected chi connectivity index (χ4v) is 3.81. The van der Waals surface area contributed by atoms with Crippen LogP contribution in [0.2, 0.25) is 0 Å². The number of carbonyl (C=O) groups excluding carboxylic acids is 1. The largest absolute Gasteiger partial charge is 0.463 e. The Balaban J connectivity index is 1.36. The number of rotatable bonds is 6. The first kappa shape index (κ1) is 19.9. The Morgan fingerprint density at radius 3 is 2.84 bits per heavy atom. The van der Waals surface area contributed by atoms with Gasteiger partial charge in [0.15, 0.2) is 11.2 Å². The summed E-state index contributed by atoms with van der Waals surface area (Å²) < 4.78 is 6.65. The zero-order chi connectivity index (χ0) is 21.9. The van der Waals surface area contributed by atoms with Crippen molar-refractivity contribution in [1.82, 2.24) is 25.0 Å². The molecule has 5 rings (SSSR count). The van der Waals surface area contributed by atoms with Crippen LogP contribution in [-0.2, 0) is 22.4 Å². The van der Waals surface area contributed by atoms with E-state index in [4.69, 9.17) is 4.74 Å². The van der Waals surface area contributed by atoms with E-state index in [1.807, 2.05) is 24.3 Å². The van der Waals surface area contributed by atoms with Gasteiger partial charge in [-0.05, 0) is 73.2 Å². The molecule has 160 valence electrons. The van der Waals surface area contributed by atoms with E-state index in [9.17, 15) is 4.79 Å². The van der Waals surface area contributed by atoms with E-state index < -0.39 is 0 Å². The molecular formula is C24H22N6O2. The van der Waals surface area contributed by atoms with Crippen molar-refractivity contribution in [2.45, 2.75) is 26.2 Å². The van der Waals surface area contributed by atoms with Gasteiger partial charge < -0.3 is 10.1 Å². The standard InChI is InChI=1S/C24H22N6O2/c1-2-32-22(31)13-8-16-6-10-19(11-7-16)26-24-25-15-21-23(27-24)30(29-28-21)20-12-9-17-4-3-5-18(17)14-20/h6-15H,2-5H2,1H3,(H,25,26,27)/b13-8+. The van der Waals surface area contributed by atoms with Gasteiger partial charge in [-0.25, -0.2) is 9.78 Å². The van der Waals surface area contributed by atoms with Crippen molar-refractivity contribution < 1.29 is 9.53 Å². The van der Waals surface area contributed by atoms with Crippen molar-refractivity contribution in [3.63, 3.8) is 0 Å². The maximum Gasteiger partial charge on any atom is 0.330 e. The number of esters is 1. The van der Waals surface area contributed by atoms with Crippen LogP contribution in [0.15, 0.2) is 54.7 Å². The molecule has 0 fully saturated rings. The molecule has 1 aliphatic carbocycles. The number of nitrogens with zero attached hydrogens (tertiary/aromatic N) is 5. The Morgan fingerprint density at radius 1 is 1.16 bits per heavy atom. The van der Waals surface area contributed by atoms with Gasteiger partial charge in [0.2, 0.25) is 5.95 Å². The van der Waals surface area contributed by atoms with Crippen LogP contribution >= 0.6 is 0 Å². The summed E-state index contributed by atoms with van der Waals surface area (Å²) in [7, 11) is 0. The highest BCUT2D eigenvalue weighted by atomic mass is 16.5. The van der Waals surface area contributed by atoms with E-state index in [1.54, 1.807) is 23.9 Å². The summed E-state index contributed by atoms with van der Waals surface area (Å²) in [6.07, 6.45) is 8.23. The van der Waals surface area contributed by atoms with Gasteiger partial charge in [-0.1, -0.05) is 23.4 Å². The van der Waals surface area contributed by atoms with Crippen molar-refractivity contribution in [1.29, 1.82) is 0 Å². The molecule has 2 aromatic carbocycles. The number of aromatic nitrogens is 5. The van der Waals surface area contributed by atoms with E-state index in [0.29, 0.717) is 23.7 Å². The zero-order valence-corrected chi connectivity index (χ0v) is 17.7. The van der Waals surface area contributed by atoms with E-state index in [-0.39, 0.29) is 5.97 Å². The van der Waals surface area contributed by atoms with Crippen LogP contribution in [0.4, 0.5) is 11.6 Å². The Morgan fingerprint density at radius 2 is 2.00 bits per heavy atom. The molecular weight excluding hydrogens is 404 g/mol. The molecule has 2 aromatic heterocycles. The average molecular weight is 426 g/mol. The van der Waals surface area contributed by atoms with Crippen molar-refractivity contribution in [3.8, 4) is 5.69 Å². The lowest BCUT2D eigenvalue weighted by Crippen LogP contribution is -2.02. The summed E-state index contributed by atoms with van der Waals surface area (Å²) in [6, 6.07) is 14.0. The molecule has 0 saturated heterocycles. The maximum atomic E-state index is 11.4. The molecule has 32 heavy (non-hydrogen) atoms. The number of anilines is 2. The molecule has 1 aliphatic rings. The Labute approximate surface area is 185 Å². The summed E-state index contributed by atoms with van der Waals surface area (Å²) in [5, 5.41) is 11.7. The Hall–Kier alpha value is -4.07. The molecule has 0 bridgehead atoms. The highest BCUT2D eigenvalue weighted by Gasteiger charge is 2.15. The van der Waals surface area contributed by atoms with E-state index in [1.165, 1.54) is 23.6 Å². The SMILES string of the molecule is CCOC(=O)/C=C/c1ccc(Nc2ncc3nnn(-c4ccc5c(c4)CCC5)c3n2)cc1. The third-order valence-electron chi connectivity index (χ3n) is 5.38. The monoisotopic (exact) mass is 426 g/mol. The number of aryl methyl sites for hydroxylation is 2. The number of hydrogen-bond acceptors (Lipinski definition) is 7. The zero-order valence-electron chi connectivity index (χ0n) is 17.7. The predicted molar refractivity (Wildman–Crippen MR) is 122 cm³/mol. The molecule has 0 atom stereocenters. The Kier molecular flexibility index (Phi) is 5.33. The molecule has 0 amide bonds. The third kappa shape index (κ3) is 4.07. The van der Waals surface area contributed by atoms with Gasteiger partial charge in [0.25, 0.3) is 0 Å². The smallest absolute Gasteiger partial charge is 0.330 e. The first-order valence-corrected chi connectivity index (χ1v) is 10.6. The second kappa shape index (κ2) is 8.58.